The van der Waals surface area contributed by atoms with Crippen LogP contribution in [0.2, 0.25) is 0 Å². The number of carbonyl (C=O) groups excluding carboxylic acids is 2. The molecule has 0 saturated heterocycles. The SMILES string of the molecule is CCCCCCCC(=O)Oc1cccc(OC(C)C)c1OC(=O)CCCCCCC. The summed E-state index contributed by atoms with van der Waals surface area (Å²) in [6.07, 6.45) is 11.1. The van der Waals surface area contributed by atoms with Crippen LogP contribution in [0.15, 0.2) is 18.2 Å². The molecule has 0 aliphatic rings. The maximum atomic E-state index is 12.4. The second-order valence-corrected chi connectivity index (χ2v) is 8.03. The molecule has 5 nitrogen and oxygen atoms in total. The summed E-state index contributed by atoms with van der Waals surface area (Å²) < 4.78 is 16.9. The summed E-state index contributed by atoms with van der Waals surface area (Å²) in [4.78, 5) is 24.7. The molecule has 0 saturated carbocycles. The first-order valence-electron chi connectivity index (χ1n) is 11.7. The Kier molecular flexibility index (Phi) is 13.7. The molecule has 0 radical (unpaired) electrons. The molecule has 1 aromatic rings. The molecule has 170 valence electrons. The summed E-state index contributed by atoms with van der Waals surface area (Å²) in [5, 5.41) is 0. The Bertz CT molecular complexity index is 624. The fourth-order valence-corrected chi connectivity index (χ4v) is 3.11. The third kappa shape index (κ3) is 11.2. The van der Waals surface area contributed by atoms with Gasteiger partial charge < -0.3 is 14.2 Å². The number of hydrogen-bond donors (Lipinski definition) is 0. The van der Waals surface area contributed by atoms with Crippen molar-refractivity contribution in [2.75, 3.05) is 0 Å². The first kappa shape index (κ1) is 26.0. The highest BCUT2D eigenvalue weighted by molar-refractivity contribution is 5.77. The molecular formula is C25H40O5. The van der Waals surface area contributed by atoms with Gasteiger partial charge in [-0.2, -0.15) is 0 Å². The lowest BCUT2D eigenvalue weighted by atomic mass is 10.1. The van der Waals surface area contributed by atoms with E-state index in [4.69, 9.17) is 14.2 Å². The van der Waals surface area contributed by atoms with Gasteiger partial charge in [0.1, 0.15) is 0 Å². The molecule has 0 aliphatic carbocycles. The first-order chi connectivity index (χ1) is 14.5. The van der Waals surface area contributed by atoms with Gasteiger partial charge >= 0.3 is 11.9 Å². The normalized spacial score (nSPS) is 10.8. The summed E-state index contributed by atoms with van der Waals surface area (Å²) in [6.45, 7) is 8.12. The third-order valence-corrected chi connectivity index (χ3v) is 4.71. The highest BCUT2D eigenvalue weighted by atomic mass is 16.6. The Balaban J connectivity index is 2.73. The lowest BCUT2D eigenvalue weighted by Crippen LogP contribution is -2.14. The van der Waals surface area contributed by atoms with Crippen molar-refractivity contribution in [1.82, 2.24) is 0 Å². The fourth-order valence-electron chi connectivity index (χ4n) is 3.11. The Morgan fingerprint density at radius 2 is 1.23 bits per heavy atom. The highest BCUT2D eigenvalue weighted by Gasteiger charge is 2.19. The summed E-state index contributed by atoms with van der Waals surface area (Å²) in [5.41, 5.74) is 0. The predicted molar refractivity (Wildman–Crippen MR) is 120 cm³/mol. The average Bonchev–Trinajstić information content (AvgIpc) is 2.69. The molecule has 30 heavy (non-hydrogen) atoms. The van der Waals surface area contributed by atoms with E-state index in [9.17, 15) is 9.59 Å². The standard InChI is InChI=1S/C25H40O5/c1-5-7-9-11-13-18-23(26)29-22-17-15-16-21(28-20(3)4)25(22)30-24(27)19-14-12-10-8-6-2/h15-17,20H,5-14,18-19H2,1-4H3. The van der Waals surface area contributed by atoms with Gasteiger partial charge in [0.05, 0.1) is 6.10 Å². The van der Waals surface area contributed by atoms with Crippen LogP contribution in [-0.4, -0.2) is 18.0 Å². The van der Waals surface area contributed by atoms with E-state index in [1.165, 1.54) is 19.3 Å². The number of benzene rings is 1. The van der Waals surface area contributed by atoms with E-state index in [0.717, 1.165) is 44.9 Å². The minimum absolute atomic E-state index is 0.0963. The van der Waals surface area contributed by atoms with E-state index in [-0.39, 0.29) is 29.5 Å². The Morgan fingerprint density at radius 3 is 1.77 bits per heavy atom. The monoisotopic (exact) mass is 420 g/mol. The van der Waals surface area contributed by atoms with E-state index in [1.807, 2.05) is 13.8 Å². The molecule has 1 rings (SSSR count). The zero-order chi connectivity index (χ0) is 22.2. The lowest BCUT2D eigenvalue weighted by Gasteiger charge is -2.17. The van der Waals surface area contributed by atoms with Gasteiger partial charge in [-0.05, 0) is 38.8 Å². The van der Waals surface area contributed by atoms with Gasteiger partial charge in [-0.15, -0.1) is 0 Å². The van der Waals surface area contributed by atoms with Crippen LogP contribution in [0.25, 0.3) is 0 Å². The molecule has 0 fully saturated rings. The number of hydrogen-bond acceptors (Lipinski definition) is 5. The number of unbranched alkanes of at least 4 members (excludes halogenated alkanes) is 8. The largest absolute Gasteiger partial charge is 0.487 e. The van der Waals surface area contributed by atoms with Gasteiger partial charge in [0.2, 0.25) is 5.75 Å². The van der Waals surface area contributed by atoms with Gasteiger partial charge in [-0.3, -0.25) is 9.59 Å². The molecule has 0 atom stereocenters. The van der Waals surface area contributed by atoms with E-state index >= 15 is 0 Å². The molecule has 0 bridgehead atoms. The van der Waals surface area contributed by atoms with Crippen molar-refractivity contribution in [2.45, 2.75) is 111 Å². The Labute approximate surface area is 182 Å². The van der Waals surface area contributed by atoms with Crippen LogP contribution in [0.5, 0.6) is 17.2 Å². The molecule has 1 aromatic carbocycles. The molecular weight excluding hydrogens is 380 g/mol. The fraction of sp³-hybridized carbons (Fsp3) is 0.680. The quantitative estimate of drug-likeness (QED) is 0.164. The van der Waals surface area contributed by atoms with Crippen molar-refractivity contribution in [1.29, 1.82) is 0 Å². The summed E-state index contributed by atoms with van der Waals surface area (Å²) >= 11 is 0. The minimum atomic E-state index is -0.330. The van der Waals surface area contributed by atoms with Gasteiger partial charge in [-0.1, -0.05) is 71.3 Å². The van der Waals surface area contributed by atoms with Gasteiger partial charge in [0, 0.05) is 12.8 Å². The number of esters is 2. The second-order valence-electron chi connectivity index (χ2n) is 8.03. The number of ether oxygens (including phenoxy) is 3. The Morgan fingerprint density at radius 1 is 0.733 bits per heavy atom. The summed E-state index contributed by atoms with van der Waals surface area (Å²) in [7, 11) is 0. The van der Waals surface area contributed by atoms with E-state index in [0.29, 0.717) is 18.6 Å². The van der Waals surface area contributed by atoms with Gasteiger partial charge in [0.25, 0.3) is 0 Å². The molecule has 0 spiro atoms. The highest BCUT2D eigenvalue weighted by Crippen LogP contribution is 2.38. The van der Waals surface area contributed by atoms with Crippen molar-refractivity contribution in [2.24, 2.45) is 0 Å². The maximum Gasteiger partial charge on any atom is 0.311 e. The minimum Gasteiger partial charge on any atom is -0.487 e. The molecule has 0 unspecified atom stereocenters. The molecule has 0 N–H and O–H groups in total. The molecule has 0 heterocycles. The van der Waals surface area contributed by atoms with Gasteiger partial charge in [-0.25, -0.2) is 0 Å². The van der Waals surface area contributed by atoms with E-state index in [2.05, 4.69) is 13.8 Å². The maximum absolute atomic E-state index is 12.4. The van der Waals surface area contributed by atoms with Crippen molar-refractivity contribution in [3.63, 3.8) is 0 Å². The number of para-hydroxylation sites is 1. The van der Waals surface area contributed by atoms with Crippen LogP contribution in [0, 0.1) is 0 Å². The zero-order valence-corrected chi connectivity index (χ0v) is 19.3. The molecule has 5 heteroatoms. The van der Waals surface area contributed by atoms with Crippen LogP contribution in [0.3, 0.4) is 0 Å². The Hall–Kier alpha value is -2.04. The van der Waals surface area contributed by atoms with Crippen molar-refractivity contribution >= 4 is 11.9 Å². The van der Waals surface area contributed by atoms with E-state index < -0.39 is 0 Å². The molecule has 0 aliphatic heterocycles. The van der Waals surface area contributed by atoms with Crippen LogP contribution < -0.4 is 14.2 Å². The lowest BCUT2D eigenvalue weighted by molar-refractivity contribution is -0.137. The molecule has 0 amide bonds. The topological polar surface area (TPSA) is 61.8 Å². The predicted octanol–water partition coefficient (Wildman–Crippen LogP) is 7.01. The van der Waals surface area contributed by atoms with Crippen LogP contribution in [-0.2, 0) is 9.59 Å². The van der Waals surface area contributed by atoms with Crippen molar-refractivity contribution in [3.8, 4) is 17.2 Å². The third-order valence-electron chi connectivity index (χ3n) is 4.71. The van der Waals surface area contributed by atoms with Crippen molar-refractivity contribution < 1.29 is 23.8 Å². The van der Waals surface area contributed by atoms with Crippen LogP contribution in [0.4, 0.5) is 0 Å². The number of rotatable bonds is 16. The van der Waals surface area contributed by atoms with Crippen molar-refractivity contribution in [3.05, 3.63) is 18.2 Å². The van der Waals surface area contributed by atoms with Crippen LogP contribution >= 0.6 is 0 Å². The van der Waals surface area contributed by atoms with Gasteiger partial charge in [0.15, 0.2) is 11.5 Å². The zero-order valence-electron chi connectivity index (χ0n) is 19.3. The summed E-state index contributed by atoms with van der Waals surface area (Å²) in [6, 6.07) is 5.11. The average molecular weight is 421 g/mol. The molecule has 0 aromatic heterocycles. The van der Waals surface area contributed by atoms with E-state index in [1.54, 1.807) is 18.2 Å². The second kappa shape index (κ2) is 15.8. The van der Waals surface area contributed by atoms with Crippen LogP contribution in [0.1, 0.15) is 105 Å². The smallest absolute Gasteiger partial charge is 0.311 e. The number of carbonyl (C=O) groups is 2. The summed E-state index contributed by atoms with van der Waals surface area (Å²) in [5.74, 6) is 0.209. The first-order valence-corrected chi connectivity index (χ1v) is 11.7.